The minimum absolute atomic E-state index is 0.130. The van der Waals surface area contributed by atoms with Crippen LogP contribution in [0.15, 0.2) is 6.20 Å². The van der Waals surface area contributed by atoms with E-state index in [0.717, 1.165) is 18.7 Å². The van der Waals surface area contributed by atoms with Crippen LogP contribution in [-0.4, -0.2) is 35.0 Å². The number of nitrogens with two attached hydrogens (primary N) is 1. The predicted octanol–water partition coefficient (Wildman–Crippen LogP) is 0.201. The summed E-state index contributed by atoms with van der Waals surface area (Å²) in [4.78, 5) is 2.01. The van der Waals surface area contributed by atoms with E-state index >= 15 is 0 Å². The summed E-state index contributed by atoms with van der Waals surface area (Å²) in [6.07, 6.45) is 2.70. The Bertz CT molecular complexity index is 242. The zero-order chi connectivity index (χ0) is 9.68. The molecule has 0 bridgehead atoms. The van der Waals surface area contributed by atoms with Crippen LogP contribution in [0.25, 0.3) is 0 Å². The number of nitrogens with one attached hydrogen (secondary N) is 1. The molecule has 0 saturated heterocycles. The molecule has 0 aliphatic heterocycles. The van der Waals surface area contributed by atoms with Gasteiger partial charge in [-0.1, -0.05) is 6.92 Å². The van der Waals surface area contributed by atoms with Gasteiger partial charge in [0, 0.05) is 13.1 Å². The number of H-pyrrole nitrogens is 1. The maximum atomic E-state index is 8.84. The van der Waals surface area contributed by atoms with E-state index in [1.54, 1.807) is 6.20 Å². The summed E-state index contributed by atoms with van der Waals surface area (Å²) < 4.78 is 0. The molecule has 0 atom stereocenters. The molecule has 0 spiro atoms. The SMILES string of the molecule is CCCN(CCO)c1cn[nH]c1N. The smallest absolute Gasteiger partial charge is 0.142 e. The normalized spacial score (nSPS) is 10.3. The van der Waals surface area contributed by atoms with Crippen LogP contribution < -0.4 is 10.6 Å². The Labute approximate surface area is 77.5 Å². The molecule has 0 aliphatic carbocycles. The Balaban J connectivity index is 2.69. The number of aromatic amines is 1. The number of hydrogen-bond donors (Lipinski definition) is 3. The second-order valence-electron chi connectivity index (χ2n) is 2.88. The molecule has 74 valence electrons. The molecule has 0 saturated carbocycles. The quantitative estimate of drug-likeness (QED) is 0.611. The van der Waals surface area contributed by atoms with Crippen molar-refractivity contribution in [2.24, 2.45) is 0 Å². The van der Waals surface area contributed by atoms with Crippen molar-refractivity contribution in [1.29, 1.82) is 0 Å². The second-order valence-corrected chi connectivity index (χ2v) is 2.88. The van der Waals surface area contributed by atoms with Crippen molar-refractivity contribution in [3.05, 3.63) is 6.20 Å². The summed E-state index contributed by atoms with van der Waals surface area (Å²) in [5.41, 5.74) is 6.53. The maximum Gasteiger partial charge on any atom is 0.142 e. The lowest BCUT2D eigenvalue weighted by Gasteiger charge is -2.21. The van der Waals surface area contributed by atoms with Crippen molar-refractivity contribution in [3.8, 4) is 0 Å². The fourth-order valence-electron chi connectivity index (χ4n) is 1.29. The predicted molar refractivity (Wildman–Crippen MR) is 52.6 cm³/mol. The molecule has 0 aliphatic rings. The fraction of sp³-hybridized carbons (Fsp3) is 0.625. The number of aliphatic hydroxyl groups is 1. The van der Waals surface area contributed by atoms with Crippen molar-refractivity contribution in [2.75, 3.05) is 30.3 Å². The highest BCUT2D eigenvalue weighted by Gasteiger charge is 2.09. The minimum atomic E-state index is 0.130. The first-order chi connectivity index (χ1) is 6.29. The second kappa shape index (κ2) is 4.71. The van der Waals surface area contributed by atoms with Crippen LogP contribution in [0, 0.1) is 0 Å². The van der Waals surface area contributed by atoms with Crippen LogP contribution in [0.3, 0.4) is 0 Å². The van der Waals surface area contributed by atoms with Crippen LogP contribution in [0.5, 0.6) is 0 Å². The van der Waals surface area contributed by atoms with E-state index in [-0.39, 0.29) is 6.61 Å². The summed E-state index contributed by atoms with van der Waals surface area (Å²) in [7, 11) is 0. The van der Waals surface area contributed by atoms with E-state index in [1.807, 2.05) is 4.90 Å². The van der Waals surface area contributed by atoms with Crippen LogP contribution in [0.4, 0.5) is 11.5 Å². The molecule has 0 unspecified atom stereocenters. The van der Waals surface area contributed by atoms with Gasteiger partial charge in [0.05, 0.1) is 18.5 Å². The Morgan fingerprint density at radius 1 is 1.62 bits per heavy atom. The standard InChI is InChI=1S/C8H16N4O/c1-2-3-12(4-5-13)7-6-10-11-8(7)9/h6,13H,2-5H2,1H3,(H3,9,10,11). The van der Waals surface area contributed by atoms with Crippen molar-refractivity contribution in [1.82, 2.24) is 10.2 Å². The van der Waals surface area contributed by atoms with E-state index in [1.165, 1.54) is 0 Å². The third-order valence-corrected chi connectivity index (χ3v) is 1.85. The lowest BCUT2D eigenvalue weighted by molar-refractivity contribution is 0.302. The molecule has 4 N–H and O–H groups in total. The lowest BCUT2D eigenvalue weighted by atomic mass is 10.3. The van der Waals surface area contributed by atoms with Crippen molar-refractivity contribution in [3.63, 3.8) is 0 Å². The van der Waals surface area contributed by atoms with E-state index in [0.29, 0.717) is 12.4 Å². The van der Waals surface area contributed by atoms with Gasteiger partial charge in [0.1, 0.15) is 5.82 Å². The number of aromatic nitrogens is 2. The monoisotopic (exact) mass is 184 g/mol. The summed E-state index contributed by atoms with van der Waals surface area (Å²) in [6, 6.07) is 0. The van der Waals surface area contributed by atoms with Gasteiger partial charge in [0.2, 0.25) is 0 Å². The third-order valence-electron chi connectivity index (χ3n) is 1.85. The number of aliphatic hydroxyl groups excluding tert-OH is 1. The van der Waals surface area contributed by atoms with Gasteiger partial charge in [-0.25, -0.2) is 0 Å². The third kappa shape index (κ3) is 2.35. The van der Waals surface area contributed by atoms with Gasteiger partial charge >= 0.3 is 0 Å². The molecular formula is C8H16N4O. The number of nitrogens with zero attached hydrogens (tertiary/aromatic N) is 2. The first kappa shape index (κ1) is 9.85. The van der Waals surface area contributed by atoms with E-state index in [2.05, 4.69) is 17.1 Å². The lowest BCUT2D eigenvalue weighted by Crippen LogP contribution is -2.27. The topological polar surface area (TPSA) is 78.2 Å². The van der Waals surface area contributed by atoms with Crippen LogP contribution in [0.1, 0.15) is 13.3 Å². The molecule has 0 radical (unpaired) electrons. The zero-order valence-corrected chi connectivity index (χ0v) is 7.82. The van der Waals surface area contributed by atoms with E-state index in [4.69, 9.17) is 10.8 Å². The molecule has 13 heavy (non-hydrogen) atoms. The highest BCUT2D eigenvalue weighted by molar-refractivity contribution is 5.61. The van der Waals surface area contributed by atoms with Gasteiger partial charge in [-0.2, -0.15) is 5.10 Å². The Hall–Kier alpha value is -1.23. The summed E-state index contributed by atoms with van der Waals surface area (Å²) >= 11 is 0. The average Bonchev–Trinajstić information content (AvgIpc) is 2.51. The maximum absolute atomic E-state index is 8.84. The number of hydrogen-bond acceptors (Lipinski definition) is 4. The molecule has 5 nitrogen and oxygen atoms in total. The fourth-order valence-corrected chi connectivity index (χ4v) is 1.29. The highest BCUT2D eigenvalue weighted by Crippen LogP contribution is 2.19. The molecule has 0 fully saturated rings. The Kier molecular flexibility index (Phi) is 3.57. The van der Waals surface area contributed by atoms with Crippen molar-refractivity contribution in [2.45, 2.75) is 13.3 Å². The van der Waals surface area contributed by atoms with Crippen LogP contribution in [-0.2, 0) is 0 Å². The Morgan fingerprint density at radius 3 is 2.85 bits per heavy atom. The van der Waals surface area contributed by atoms with Crippen LogP contribution in [0.2, 0.25) is 0 Å². The van der Waals surface area contributed by atoms with Gasteiger partial charge in [-0.3, -0.25) is 5.10 Å². The van der Waals surface area contributed by atoms with Crippen molar-refractivity contribution >= 4 is 11.5 Å². The van der Waals surface area contributed by atoms with Gasteiger partial charge in [-0.15, -0.1) is 0 Å². The number of nitrogen functional groups attached to an aromatic ring is 1. The van der Waals surface area contributed by atoms with Gasteiger partial charge in [-0.05, 0) is 6.42 Å². The largest absolute Gasteiger partial charge is 0.395 e. The average molecular weight is 184 g/mol. The summed E-state index contributed by atoms with van der Waals surface area (Å²) in [6.45, 7) is 3.69. The van der Waals surface area contributed by atoms with Crippen molar-refractivity contribution < 1.29 is 5.11 Å². The molecule has 0 amide bonds. The van der Waals surface area contributed by atoms with E-state index in [9.17, 15) is 0 Å². The van der Waals surface area contributed by atoms with Crippen LogP contribution >= 0.6 is 0 Å². The first-order valence-corrected chi connectivity index (χ1v) is 4.44. The molecule has 5 heteroatoms. The van der Waals surface area contributed by atoms with Gasteiger partial charge < -0.3 is 15.7 Å². The summed E-state index contributed by atoms with van der Waals surface area (Å²) in [5.74, 6) is 0.557. The number of anilines is 2. The van der Waals surface area contributed by atoms with Gasteiger partial charge in [0.15, 0.2) is 0 Å². The molecule has 1 aromatic rings. The van der Waals surface area contributed by atoms with E-state index < -0.39 is 0 Å². The Morgan fingerprint density at radius 2 is 2.38 bits per heavy atom. The minimum Gasteiger partial charge on any atom is -0.395 e. The first-order valence-electron chi connectivity index (χ1n) is 4.44. The van der Waals surface area contributed by atoms with Gasteiger partial charge in [0.25, 0.3) is 0 Å². The molecule has 1 aromatic heterocycles. The molecule has 0 aromatic carbocycles. The molecule has 1 heterocycles. The number of rotatable bonds is 5. The molecule has 1 rings (SSSR count). The zero-order valence-electron chi connectivity index (χ0n) is 7.82. The summed E-state index contributed by atoms with van der Waals surface area (Å²) in [5, 5.41) is 15.3. The molecular weight excluding hydrogens is 168 g/mol. The highest BCUT2D eigenvalue weighted by atomic mass is 16.3.